The highest BCUT2D eigenvalue weighted by atomic mass is 28.4. The molecule has 0 spiro atoms. The fourth-order valence-electron chi connectivity index (χ4n) is 0.985. The first-order valence-electron chi connectivity index (χ1n) is 3.78. The van der Waals surface area contributed by atoms with Gasteiger partial charge in [0.1, 0.15) is 5.82 Å². The molecule has 0 aliphatic rings. The molecule has 0 unspecified atom stereocenters. The summed E-state index contributed by atoms with van der Waals surface area (Å²) < 4.78 is 17.2. The highest BCUT2D eigenvalue weighted by molar-refractivity contribution is 6.57. The smallest absolute Gasteiger partial charge is 0.390 e. The molecule has 0 fully saturated rings. The predicted octanol–water partition coefficient (Wildman–Crippen LogP) is 0.477. The maximum atomic E-state index is 12.7. The summed E-state index contributed by atoms with van der Waals surface area (Å²) in [6.45, 7) is 0. The van der Waals surface area contributed by atoms with E-state index in [1.807, 2.05) is 0 Å². The third-order valence-electron chi connectivity index (χ3n) is 1.65. The minimum atomic E-state index is -3.61. The molecule has 0 amide bonds. The van der Waals surface area contributed by atoms with Gasteiger partial charge in [-0.2, -0.15) is 0 Å². The first-order valence-corrected chi connectivity index (χ1v) is 5.79. The first-order chi connectivity index (χ1) is 6.03. The zero-order chi connectivity index (χ0) is 9.90. The minimum absolute atomic E-state index is 0.0265. The van der Waals surface area contributed by atoms with E-state index >= 15 is 0 Å². The quantitative estimate of drug-likeness (QED) is 0.701. The van der Waals surface area contributed by atoms with Crippen molar-refractivity contribution in [1.82, 2.24) is 0 Å². The Kier molecular flexibility index (Phi) is 3.15. The molecule has 1 aromatic rings. The van der Waals surface area contributed by atoms with Crippen molar-refractivity contribution in [2.75, 3.05) is 7.11 Å². The summed E-state index contributed by atoms with van der Waals surface area (Å²) >= 11 is 0. The Labute approximate surface area is 76.8 Å². The van der Waals surface area contributed by atoms with Crippen LogP contribution in [0, 0.1) is 5.82 Å². The van der Waals surface area contributed by atoms with Gasteiger partial charge in [0.2, 0.25) is 0 Å². The van der Waals surface area contributed by atoms with Gasteiger partial charge in [0.05, 0.1) is 0 Å². The fraction of sp³-hybridized carbons (Fsp3) is 0.250. The van der Waals surface area contributed by atoms with E-state index < -0.39 is 14.6 Å². The molecule has 1 rings (SSSR count). The van der Waals surface area contributed by atoms with E-state index in [-0.39, 0.29) is 6.04 Å². The molecule has 13 heavy (non-hydrogen) atoms. The molecule has 2 N–H and O–H groups in total. The molecular formula is C8H11FO3Si. The Morgan fingerprint density at radius 2 is 2.15 bits per heavy atom. The molecule has 3 nitrogen and oxygen atoms in total. The maximum absolute atomic E-state index is 12.7. The lowest BCUT2D eigenvalue weighted by Crippen LogP contribution is -2.40. The van der Waals surface area contributed by atoms with Gasteiger partial charge in [0, 0.05) is 13.2 Å². The van der Waals surface area contributed by atoms with Gasteiger partial charge in [0.15, 0.2) is 0 Å². The van der Waals surface area contributed by atoms with Crippen LogP contribution in [0.2, 0.25) is 0 Å². The average molecular weight is 202 g/mol. The number of hydrogen-bond acceptors (Lipinski definition) is 3. The van der Waals surface area contributed by atoms with E-state index in [1.54, 1.807) is 6.07 Å². The van der Waals surface area contributed by atoms with E-state index in [2.05, 4.69) is 4.43 Å². The van der Waals surface area contributed by atoms with Crippen LogP contribution in [-0.2, 0) is 10.5 Å². The molecular weight excluding hydrogens is 191 g/mol. The van der Waals surface area contributed by atoms with Crippen molar-refractivity contribution in [3.05, 3.63) is 35.6 Å². The second kappa shape index (κ2) is 3.97. The highest BCUT2D eigenvalue weighted by Gasteiger charge is 2.30. The summed E-state index contributed by atoms with van der Waals surface area (Å²) in [5.41, 5.74) is 0.526. The lowest BCUT2D eigenvalue weighted by Gasteiger charge is -2.14. The van der Waals surface area contributed by atoms with Gasteiger partial charge in [-0.15, -0.1) is 0 Å². The van der Waals surface area contributed by atoms with Crippen molar-refractivity contribution in [3.63, 3.8) is 0 Å². The van der Waals surface area contributed by atoms with Crippen LogP contribution in [-0.4, -0.2) is 25.5 Å². The summed E-state index contributed by atoms with van der Waals surface area (Å²) in [5, 5.41) is 0. The van der Waals surface area contributed by atoms with Gasteiger partial charge in [-0.3, -0.25) is 0 Å². The maximum Gasteiger partial charge on any atom is 0.499 e. The lowest BCUT2D eigenvalue weighted by atomic mass is 10.2. The molecule has 0 radical (unpaired) electrons. The van der Waals surface area contributed by atoms with Gasteiger partial charge < -0.3 is 14.0 Å². The Hall–Kier alpha value is -0.753. The molecule has 0 aromatic heterocycles. The van der Waals surface area contributed by atoms with E-state index in [0.29, 0.717) is 5.56 Å². The van der Waals surface area contributed by atoms with Crippen molar-refractivity contribution in [3.8, 4) is 0 Å². The third kappa shape index (κ3) is 3.23. The van der Waals surface area contributed by atoms with Crippen LogP contribution in [0.3, 0.4) is 0 Å². The van der Waals surface area contributed by atoms with Crippen LogP contribution in [0.15, 0.2) is 24.3 Å². The second-order valence-corrected chi connectivity index (χ2v) is 5.00. The van der Waals surface area contributed by atoms with Crippen molar-refractivity contribution in [1.29, 1.82) is 0 Å². The Bertz CT molecular complexity index is 290. The zero-order valence-electron chi connectivity index (χ0n) is 7.20. The monoisotopic (exact) mass is 202 g/mol. The van der Waals surface area contributed by atoms with Crippen LogP contribution in [0.4, 0.5) is 4.39 Å². The summed E-state index contributed by atoms with van der Waals surface area (Å²) in [6, 6.07) is 5.67. The van der Waals surface area contributed by atoms with Crippen molar-refractivity contribution < 1.29 is 18.4 Å². The highest BCUT2D eigenvalue weighted by Crippen LogP contribution is 2.09. The number of rotatable bonds is 3. The summed E-state index contributed by atoms with van der Waals surface area (Å²) in [6.07, 6.45) is 0. The lowest BCUT2D eigenvalue weighted by molar-refractivity contribution is 0.184. The molecule has 72 valence electrons. The van der Waals surface area contributed by atoms with Crippen molar-refractivity contribution in [2.45, 2.75) is 6.04 Å². The van der Waals surface area contributed by atoms with Crippen LogP contribution in [0.5, 0.6) is 0 Å². The van der Waals surface area contributed by atoms with Gasteiger partial charge in [-0.25, -0.2) is 4.39 Å². The molecule has 0 atom stereocenters. The minimum Gasteiger partial charge on any atom is -0.390 e. The average Bonchev–Trinajstić information content (AvgIpc) is 2.03. The molecule has 5 heteroatoms. The van der Waals surface area contributed by atoms with Gasteiger partial charge in [-0.05, 0) is 17.7 Å². The summed E-state index contributed by atoms with van der Waals surface area (Å²) in [4.78, 5) is 18.4. The molecule has 0 aliphatic heterocycles. The molecule has 1 aromatic carbocycles. The normalized spacial score (nSPS) is 11.7. The van der Waals surface area contributed by atoms with Crippen LogP contribution in [0.1, 0.15) is 5.56 Å². The topological polar surface area (TPSA) is 49.7 Å². The Balaban J connectivity index is 2.74. The molecule has 0 heterocycles. The Morgan fingerprint density at radius 1 is 1.46 bits per heavy atom. The zero-order valence-corrected chi connectivity index (χ0v) is 8.20. The number of benzene rings is 1. The van der Waals surface area contributed by atoms with E-state index in [9.17, 15) is 14.0 Å². The largest absolute Gasteiger partial charge is 0.499 e. The standard InChI is InChI=1S/C8H11FO3Si/c1-12-13(10,11)6-7-3-2-4-8(9)5-7/h2-5,10-11H,6H2,1H3. The molecule has 0 aliphatic carbocycles. The Morgan fingerprint density at radius 3 is 2.69 bits per heavy atom. The molecule has 0 bridgehead atoms. The van der Waals surface area contributed by atoms with E-state index in [0.717, 1.165) is 0 Å². The van der Waals surface area contributed by atoms with Crippen molar-refractivity contribution in [2.24, 2.45) is 0 Å². The number of hydrogen-bond donors (Lipinski definition) is 2. The SMILES string of the molecule is CO[Si](O)(O)Cc1cccc(F)c1. The predicted molar refractivity (Wildman–Crippen MR) is 47.3 cm³/mol. The second-order valence-electron chi connectivity index (χ2n) is 2.75. The third-order valence-corrected chi connectivity index (χ3v) is 3.17. The van der Waals surface area contributed by atoms with Crippen LogP contribution < -0.4 is 0 Å². The van der Waals surface area contributed by atoms with E-state index in [1.165, 1.54) is 25.3 Å². The first kappa shape index (κ1) is 10.3. The summed E-state index contributed by atoms with van der Waals surface area (Å²) in [5.74, 6) is -0.390. The van der Waals surface area contributed by atoms with E-state index in [4.69, 9.17) is 0 Å². The molecule has 0 saturated carbocycles. The van der Waals surface area contributed by atoms with Crippen LogP contribution in [0.25, 0.3) is 0 Å². The molecule has 0 saturated heterocycles. The van der Waals surface area contributed by atoms with Crippen molar-refractivity contribution >= 4 is 8.80 Å². The number of halogens is 1. The summed E-state index contributed by atoms with van der Waals surface area (Å²) in [7, 11) is -2.38. The fourth-order valence-corrected chi connectivity index (χ4v) is 1.88. The van der Waals surface area contributed by atoms with Gasteiger partial charge >= 0.3 is 8.80 Å². The van der Waals surface area contributed by atoms with Gasteiger partial charge in [-0.1, -0.05) is 12.1 Å². The van der Waals surface area contributed by atoms with Crippen LogP contribution >= 0.6 is 0 Å². The van der Waals surface area contributed by atoms with Gasteiger partial charge in [0.25, 0.3) is 0 Å².